The molecule has 3 N–H and O–H groups in total. The van der Waals surface area contributed by atoms with Crippen molar-refractivity contribution in [3.8, 4) is 0 Å². The first kappa shape index (κ1) is 19.1. The zero-order chi connectivity index (χ0) is 17.9. The highest BCUT2D eigenvalue weighted by molar-refractivity contribution is 5.81. The Labute approximate surface area is 151 Å². The molecule has 2 atom stereocenters. The summed E-state index contributed by atoms with van der Waals surface area (Å²) in [6, 6.07) is 0. The van der Waals surface area contributed by atoms with Crippen molar-refractivity contribution in [2.75, 3.05) is 32.8 Å². The van der Waals surface area contributed by atoms with Crippen molar-refractivity contribution in [2.24, 2.45) is 5.73 Å². The first-order chi connectivity index (χ1) is 11.9. The predicted octanol–water partition coefficient (Wildman–Crippen LogP) is 1.42. The highest BCUT2D eigenvalue weighted by atomic mass is 16.5. The van der Waals surface area contributed by atoms with E-state index >= 15 is 0 Å². The van der Waals surface area contributed by atoms with Crippen LogP contribution in [0.2, 0.25) is 0 Å². The van der Waals surface area contributed by atoms with Crippen molar-refractivity contribution in [1.29, 1.82) is 0 Å². The molecule has 2 heterocycles. The molecule has 3 aliphatic rings. The van der Waals surface area contributed by atoms with Gasteiger partial charge in [-0.05, 0) is 39.5 Å². The zero-order valence-electron chi connectivity index (χ0n) is 15.9. The van der Waals surface area contributed by atoms with Gasteiger partial charge in [-0.15, -0.1) is 0 Å². The van der Waals surface area contributed by atoms with Crippen molar-refractivity contribution in [3.05, 3.63) is 0 Å². The Kier molecular flexibility index (Phi) is 6.03. The summed E-state index contributed by atoms with van der Waals surface area (Å²) in [6.07, 6.45) is 7.47. The lowest BCUT2D eigenvalue weighted by atomic mass is 9.79. The molecule has 144 valence electrons. The molecule has 0 bridgehead atoms. The van der Waals surface area contributed by atoms with Gasteiger partial charge in [0.05, 0.1) is 18.3 Å². The van der Waals surface area contributed by atoms with Gasteiger partial charge in [-0.1, -0.05) is 19.3 Å². The lowest BCUT2D eigenvalue weighted by Gasteiger charge is -2.51. The molecule has 0 aromatic heterocycles. The van der Waals surface area contributed by atoms with Crippen LogP contribution in [0.4, 0.5) is 0 Å². The number of morpholine rings is 1. The molecule has 2 saturated heterocycles. The van der Waals surface area contributed by atoms with Gasteiger partial charge < -0.3 is 20.5 Å². The molecule has 0 unspecified atom stereocenters. The highest BCUT2D eigenvalue weighted by Crippen LogP contribution is 2.36. The van der Waals surface area contributed by atoms with Crippen LogP contribution in [-0.2, 0) is 14.3 Å². The van der Waals surface area contributed by atoms with Crippen molar-refractivity contribution in [3.63, 3.8) is 0 Å². The van der Waals surface area contributed by atoms with E-state index in [1.807, 2.05) is 0 Å². The maximum Gasteiger partial charge on any atom is 0.249 e. The Hall–Kier alpha value is -0.690. The minimum atomic E-state index is -0.324. The van der Waals surface area contributed by atoms with Gasteiger partial charge in [-0.3, -0.25) is 9.69 Å². The second-order valence-corrected chi connectivity index (χ2v) is 8.59. The Morgan fingerprint density at radius 3 is 2.64 bits per heavy atom. The second-order valence-electron chi connectivity index (χ2n) is 8.59. The van der Waals surface area contributed by atoms with Gasteiger partial charge in [-0.25, -0.2) is 0 Å². The van der Waals surface area contributed by atoms with E-state index < -0.39 is 0 Å². The fourth-order valence-electron chi connectivity index (χ4n) is 4.67. The molecule has 6 nitrogen and oxygen atoms in total. The topological polar surface area (TPSA) is 76.8 Å². The third-order valence-electron chi connectivity index (χ3n) is 6.14. The van der Waals surface area contributed by atoms with Crippen LogP contribution in [0.1, 0.15) is 58.8 Å². The summed E-state index contributed by atoms with van der Waals surface area (Å²) in [5.41, 5.74) is 5.61. The van der Waals surface area contributed by atoms with Crippen molar-refractivity contribution in [2.45, 2.75) is 82.1 Å². The van der Waals surface area contributed by atoms with Crippen molar-refractivity contribution >= 4 is 5.91 Å². The lowest BCUT2D eigenvalue weighted by molar-refractivity contribution is -0.136. The van der Waals surface area contributed by atoms with E-state index in [2.05, 4.69) is 24.1 Å². The summed E-state index contributed by atoms with van der Waals surface area (Å²) in [5.74, 6) is 0.0356. The molecule has 1 aliphatic carbocycles. The predicted molar refractivity (Wildman–Crippen MR) is 97.4 cm³/mol. The maximum atomic E-state index is 12.6. The van der Waals surface area contributed by atoms with Gasteiger partial charge in [0.1, 0.15) is 6.10 Å². The van der Waals surface area contributed by atoms with Crippen LogP contribution in [0.3, 0.4) is 0 Å². The maximum absolute atomic E-state index is 12.6. The average Bonchev–Trinajstić information content (AvgIpc) is 3.09. The summed E-state index contributed by atoms with van der Waals surface area (Å²) in [6.45, 7) is 8.19. The van der Waals surface area contributed by atoms with Crippen LogP contribution in [-0.4, -0.2) is 66.9 Å². The number of hydrogen-bond acceptors (Lipinski definition) is 5. The molecule has 6 heteroatoms. The first-order valence-electron chi connectivity index (χ1n) is 9.96. The number of hydrogen-bond donors (Lipinski definition) is 2. The van der Waals surface area contributed by atoms with Crippen LogP contribution in [0, 0.1) is 0 Å². The van der Waals surface area contributed by atoms with E-state index in [0.717, 1.165) is 51.9 Å². The molecule has 1 amide bonds. The van der Waals surface area contributed by atoms with Gasteiger partial charge in [0.25, 0.3) is 0 Å². The molecule has 0 spiro atoms. The monoisotopic (exact) mass is 353 g/mol. The van der Waals surface area contributed by atoms with E-state index in [-0.39, 0.29) is 29.3 Å². The SMILES string of the molecule is CC1(C)CN(C2(CNC(=O)[C@@H]3CC[C@H](CN)O3)CCCCC2)CCO1. The lowest BCUT2D eigenvalue weighted by Crippen LogP contribution is -2.63. The Balaban J connectivity index is 1.62. The Bertz CT molecular complexity index is 463. The van der Waals surface area contributed by atoms with Crippen LogP contribution < -0.4 is 11.1 Å². The van der Waals surface area contributed by atoms with Gasteiger partial charge in [-0.2, -0.15) is 0 Å². The number of nitrogens with two attached hydrogens (primary N) is 1. The highest BCUT2D eigenvalue weighted by Gasteiger charge is 2.43. The zero-order valence-corrected chi connectivity index (χ0v) is 15.9. The smallest absolute Gasteiger partial charge is 0.249 e. The normalized spacial score (nSPS) is 32.4. The molecule has 0 aromatic carbocycles. The number of ether oxygens (including phenoxy) is 2. The van der Waals surface area contributed by atoms with Gasteiger partial charge in [0, 0.05) is 31.7 Å². The van der Waals surface area contributed by atoms with Crippen LogP contribution >= 0.6 is 0 Å². The molecule has 25 heavy (non-hydrogen) atoms. The van der Waals surface area contributed by atoms with Gasteiger partial charge in [0.15, 0.2) is 0 Å². The Morgan fingerprint density at radius 2 is 2.00 bits per heavy atom. The van der Waals surface area contributed by atoms with Crippen LogP contribution in [0.15, 0.2) is 0 Å². The number of nitrogens with zero attached hydrogens (tertiary/aromatic N) is 1. The van der Waals surface area contributed by atoms with E-state index in [9.17, 15) is 4.79 Å². The fraction of sp³-hybridized carbons (Fsp3) is 0.947. The standard InChI is InChI=1S/C19H35N3O3/c1-18(2)14-22(10-11-24-18)19(8-4-3-5-9-19)13-21-17(23)16-7-6-15(12-20)25-16/h15-16H,3-14,20H2,1-2H3,(H,21,23)/t15-,16+/m1/s1. The molecule has 0 aromatic rings. The summed E-state index contributed by atoms with van der Waals surface area (Å²) < 4.78 is 11.7. The third-order valence-corrected chi connectivity index (χ3v) is 6.14. The van der Waals surface area contributed by atoms with Crippen LogP contribution in [0.5, 0.6) is 0 Å². The molecule has 3 fully saturated rings. The average molecular weight is 354 g/mol. The number of carbonyl (C=O) groups excluding carboxylic acids is 1. The summed E-state index contributed by atoms with van der Waals surface area (Å²) >= 11 is 0. The van der Waals surface area contributed by atoms with Gasteiger partial charge >= 0.3 is 0 Å². The quantitative estimate of drug-likeness (QED) is 0.782. The van der Waals surface area contributed by atoms with E-state index in [4.69, 9.17) is 15.2 Å². The van der Waals surface area contributed by atoms with Crippen molar-refractivity contribution < 1.29 is 14.3 Å². The second kappa shape index (κ2) is 7.91. The molecular formula is C19H35N3O3. The molecule has 2 aliphatic heterocycles. The number of amides is 1. The van der Waals surface area contributed by atoms with Crippen molar-refractivity contribution in [1.82, 2.24) is 10.2 Å². The Morgan fingerprint density at radius 1 is 1.24 bits per heavy atom. The third kappa shape index (κ3) is 4.54. The van der Waals surface area contributed by atoms with E-state index in [1.165, 1.54) is 19.3 Å². The molecule has 1 saturated carbocycles. The first-order valence-corrected chi connectivity index (χ1v) is 9.96. The summed E-state index contributed by atoms with van der Waals surface area (Å²) in [7, 11) is 0. The van der Waals surface area contributed by atoms with E-state index in [0.29, 0.717) is 6.54 Å². The number of nitrogens with one attached hydrogen (secondary N) is 1. The molecule has 3 rings (SSSR count). The fourth-order valence-corrected chi connectivity index (χ4v) is 4.67. The summed E-state index contributed by atoms with van der Waals surface area (Å²) in [4.78, 5) is 15.2. The van der Waals surface area contributed by atoms with Crippen LogP contribution in [0.25, 0.3) is 0 Å². The molecule has 0 radical (unpaired) electrons. The molecular weight excluding hydrogens is 318 g/mol. The summed E-state index contributed by atoms with van der Waals surface area (Å²) in [5, 5.41) is 3.22. The number of carbonyl (C=O) groups is 1. The largest absolute Gasteiger partial charge is 0.373 e. The minimum absolute atomic E-state index is 0.0356. The number of rotatable bonds is 5. The minimum Gasteiger partial charge on any atom is -0.373 e. The van der Waals surface area contributed by atoms with E-state index in [1.54, 1.807) is 0 Å². The van der Waals surface area contributed by atoms with Gasteiger partial charge in [0.2, 0.25) is 5.91 Å².